The molecule has 0 atom stereocenters. The number of halogens is 2. The van der Waals surface area contributed by atoms with E-state index < -0.39 is 0 Å². The third-order valence-electron chi connectivity index (χ3n) is 3.69. The lowest BCUT2D eigenvalue weighted by Gasteiger charge is -2.03. The van der Waals surface area contributed by atoms with Crippen molar-refractivity contribution in [1.29, 1.82) is 0 Å². The molecule has 0 spiro atoms. The first kappa shape index (κ1) is 18.1. The molecule has 0 unspecified atom stereocenters. The number of hydrogen-bond acceptors (Lipinski definition) is 3. The molecule has 0 radical (unpaired) electrons. The second kappa shape index (κ2) is 8.09. The molecule has 2 aromatic carbocycles. The number of benzene rings is 2. The molecule has 0 aliphatic heterocycles. The summed E-state index contributed by atoms with van der Waals surface area (Å²) in [6.07, 6.45) is 1.25. The highest BCUT2D eigenvalue weighted by atomic mass is 35.5. The highest BCUT2D eigenvalue weighted by molar-refractivity contribution is 7.96. The molecular weight excluding hydrogens is 377 g/mol. The maximum atomic E-state index is 11.3. The normalized spacial score (nSPS) is 10.8. The highest BCUT2D eigenvalue weighted by Gasteiger charge is 2.16. The maximum absolute atomic E-state index is 11.3. The van der Waals surface area contributed by atoms with E-state index in [1.807, 2.05) is 48.5 Å². The van der Waals surface area contributed by atoms with E-state index in [1.54, 1.807) is 0 Å². The molecule has 3 aromatic rings. The monoisotopic (exact) mass is 391 g/mol. The van der Waals surface area contributed by atoms with Crippen molar-refractivity contribution in [3.63, 3.8) is 0 Å². The molecule has 128 valence electrons. The van der Waals surface area contributed by atoms with Crippen molar-refractivity contribution in [1.82, 2.24) is 4.98 Å². The Labute approximate surface area is 161 Å². The van der Waals surface area contributed by atoms with E-state index in [-0.39, 0.29) is 11.5 Å². The number of aromatic nitrogens is 1. The molecule has 3 rings (SSSR count). The molecule has 0 saturated carbocycles. The van der Waals surface area contributed by atoms with Gasteiger partial charge in [0.15, 0.2) is 5.12 Å². The second-order valence-corrected chi connectivity index (χ2v) is 7.03. The van der Waals surface area contributed by atoms with Crippen molar-refractivity contribution >= 4 is 40.9 Å². The van der Waals surface area contributed by atoms with Crippen LogP contribution in [-0.4, -0.2) is 10.1 Å². The van der Waals surface area contributed by atoms with Crippen molar-refractivity contribution in [2.75, 3.05) is 0 Å². The highest BCUT2D eigenvalue weighted by Crippen LogP contribution is 2.22. The van der Waals surface area contributed by atoms with E-state index in [1.165, 1.54) is 0 Å². The molecule has 25 heavy (non-hydrogen) atoms. The fourth-order valence-corrected chi connectivity index (χ4v) is 2.89. The molecule has 0 aliphatic carbocycles. The molecule has 0 amide bonds. The number of nitrogens with zero attached hydrogens (tertiary/aromatic N) is 1. The Morgan fingerprint density at radius 3 is 1.96 bits per heavy atom. The third kappa shape index (κ3) is 5.11. The zero-order chi connectivity index (χ0) is 17.8. The minimum atomic E-state index is -0.280. The number of rotatable bonds is 6. The minimum Gasteiger partial charge on any atom is -0.445 e. The Bertz CT molecular complexity index is 808. The van der Waals surface area contributed by atoms with Crippen molar-refractivity contribution in [3.05, 3.63) is 87.0 Å². The summed E-state index contributed by atoms with van der Waals surface area (Å²) < 4.78 is 5.82. The van der Waals surface area contributed by atoms with Crippen LogP contribution in [-0.2, 0) is 24.1 Å². The Balaban J connectivity index is 1.88. The van der Waals surface area contributed by atoms with Crippen LogP contribution in [0.1, 0.15) is 28.5 Å². The van der Waals surface area contributed by atoms with E-state index in [0.29, 0.717) is 28.8 Å². The van der Waals surface area contributed by atoms with Gasteiger partial charge in [-0.2, -0.15) is 0 Å². The van der Waals surface area contributed by atoms with Crippen molar-refractivity contribution in [3.8, 4) is 0 Å². The van der Waals surface area contributed by atoms with Crippen LogP contribution >= 0.6 is 35.8 Å². The van der Waals surface area contributed by atoms with Crippen LogP contribution in [0.2, 0.25) is 10.0 Å². The van der Waals surface area contributed by atoms with Crippen LogP contribution < -0.4 is 0 Å². The SMILES string of the molecule is O=C(S)Cc1nc(Cc2ccc(Cl)cc2)c(Cc2ccc(Cl)cc2)o1. The summed E-state index contributed by atoms with van der Waals surface area (Å²) in [4.78, 5) is 15.7. The first-order valence-corrected chi connectivity index (χ1v) is 8.88. The maximum Gasteiger partial charge on any atom is 0.203 e. The number of thiol groups is 1. The zero-order valence-electron chi connectivity index (χ0n) is 13.2. The molecule has 0 fully saturated rings. The molecule has 6 heteroatoms. The van der Waals surface area contributed by atoms with Crippen LogP contribution in [0.4, 0.5) is 0 Å². The third-order valence-corrected chi connectivity index (χ3v) is 4.35. The van der Waals surface area contributed by atoms with Crippen molar-refractivity contribution in [2.45, 2.75) is 19.3 Å². The molecule has 3 nitrogen and oxygen atoms in total. The summed E-state index contributed by atoms with van der Waals surface area (Å²) in [5.74, 6) is 1.12. The van der Waals surface area contributed by atoms with E-state index >= 15 is 0 Å². The quantitative estimate of drug-likeness (QED) is 0.589. The van der Waals surface area contributed by atoms with Gasteiger partial charge in [-0.3, -0.25) is 4.79 Å². The van der Waals surface area contributed by atoms with E-state index in [9.17, 15) is 4.79 Å². The lowest BCUT2D eigenvalue weighted by Crippen LogP contribution is -1.96. The Kier molecular flexibility index (Phi) is 5.84. The lowest BCUT2D eigenvalue weighted by atomic mass is 10.0. The molecule has 0 N–H and O–H groups in total. The van der Waals surface area contributed by atoms with Gasteiger partial charge in [0.05, 0.1) is 12.1 Å². The summed E-state index contributed by atoms with van der Waals surface area (Å²) >= 11 is 15.7. The molecular formula is C19H15Cl2NO2S. The fourth-order valence-electron chi connectivity index (χ4n) is 2.50. The van der Waals surface area contributed by atoms with Crippen LogP contribution in [0.15, 0.2) is 52.9 Å². The van der Waals surface area contributed by atoms with Crippen LogP contribution in [0.25, 0.3) is 0 Å². The van der Waals surface area contributed by atoms with E-state index in [2.05, 4.69) is 17.6 Å². The van der Waals surface area contributed by atoms with Gasteiger partial charge in [0.2, 0.25) is 5.89 Å². The van der Waals surface area contributed by atoms with E-state index in [0.717, 1.165) is 22.6 Å². The summed E-state index contributed by atoms with van der Waals surface area (Å²) in [7, 11) is 0. The van der Waals surface area contributed by atoms with Crippen molar-refractivity contribution < 1.29 is 9.21 Å². The smallest absolute Gasteiger partial charge is 0.203 e. The summed E-state index contributed by atoms with van der Waals surface area (Å²) in [5.41, 5.74) is 2.93. The number of hydrogen-bond donors (Lipinski definition) is 1. The van der Waals surface area contributed by atoms with Crippen LogP contribution in [0.5, 0.6) is 0 Å². The first-order valence-electron chi connectivity index (χ1n) is 7.68. The number of carbonyl (C=O) groups is 1. The topological polar surface area (TPSA) is 43.1 Å². The van der Waals surface area contributed by atoms with Crippen LogP contribution in [0.3, 0.4) is 0 Å². The molecule has 0 saturated heterocycles. The molecule has 1 heterocycles. The largest absolute Gasteiger partial charge is 0.445 e. The van der Waals surface area contributed by atoms with Gasteiger partial charge in [-0.05, 0) is 35.4 Å². The van der Waals surface area contributed by atoms with E-state index in [4.69, 9.17) is 27.6 Å². The average Bonchev–Trinajstić information content (AvgIpc) is 2.92. The van der Waals surface area contributed by atoms with Gasteiger partial charge in [0, 0.05) is 22.9 Å². The predicted molar refractivity (Wildman–Crippen MR) is 103 cm³/mol. The van der Waals surface area contributed by atoms with Gasteiger partial charge >= 0.3 is 0 Å². The number of oxazole rings is 1. The van der Waals surface area contributed by atoms with Crippen LogP contribution in [0, 0.1) is 0 Å². The lowest BCUT2D eigenvalue weighted by molar-refractivity contribution is -0.110. The molecule has 1 aromatic heterocycles. The molecule has 0 bridgehead atoms. The Morgan fingerprint density at radius 1 is 0.920 bits per heavy atom. The van der Waals surface area contributed by atoms with Gasteiger partial charge in [-0.15, -0.1) is 12.6 Å². The second-order valence-electron chi connectivity index (χ2n) is 5.65. The van der Waals surface area contributed by atoms with Crippen molar-refractivity contribution in [2.24, 2.45) is 0 Å². The average molecular weight is 392 g/mol. The summed E-state index contributed by atoms with van der Waals surface area (Å²) in [6, 6.07) is 15.1. The Morgan fingerprint density at radius 2 is 1.44 bits per heavy atom. The first-order chi connectivity index (χ1) is 12.0. The summed E-state index contributed by atoms with van der Waals surface area (Å²) in [5, 5.41) is 1.09. The molecule has 0 aliphatic rings. The van der Waals surface area contributed by atoms with Gasteiger partial charge in [0.25, 0.3) is 0 Å². The van der Waals surface area contributed by atoms with Gasteiger partial charge in [0.1, 0.15) is 5.76 Å². The predicted octanol–water partition coefficient (Wildman–Crippen LogP) is 5.16. The standard InChI is InChI=1S/C19H15Cl2NO2S/c20-14-5-1-12(2-6-14)9-16-17(24-18(22-16)11-19(23)25)10-13-3-7-15(21)8-4-13/h1-8H,9-11H2,(H,23,25). The van der Waals surface area contributed by atoms with Gasteiger partial charge in [-0.25, -0.2) is 4.98 Å². The minimum absolute atomic E-state index is 0.0668. The zero-order valence-corrected chi connectivity index (χ0v) is 15.6. The van der Waals surface area contributed by atoms with Gasteiger partial charge in [-0.1, -0.05) is 47.5 Å². The Hall–Kier alpha value is -1.75. The summed E-state index contributed by atoms with van der Waals surface area (Å²) in [6.45, 7) is 0. The fraction of sp³-hybridized carbons (Fsp3) is 0.158. The number of carbonyl (C=O) groups excluding carboxylic acids is 1. The van der Waals surface area contributed by atoms with Gasteiger partial charge < -0.3 is 4.42 Å².